The highest BCUT2D eigenvalue weighted by molar-refractivity contribution is 5.95. The highest BCUT2D eigenvalue weighted by atomic mass is 16.6. The van der Waals surface area contributed by atoms with Gasteiger partial charge in [0.25, 0.3) is 0 Å². The Hall–Kier alpha value is -2.47. The summed E-state index contributed by atoms with van der Waals surface area (Å²) in [6, 6.07) is 1.83. The molecule has 0 radical (unpaired) electrons. The summed E-state index contributed by atoms with van der Waals surface area (Å²) in [6.45, 7) is 9.90. The Kier molecular flexibility index (Phi) is 7.27. The third-order valence-electron chi connectivity index (χ3n) is 6.67. The first kappa shape index (κ1) is 24.6. The summed E-state index contributed by atoms with van der Waals surface area (Å²) >= 11 is 0. The number of aliphatic hydroxyl groups is 1. The molecule has 1 saturated carbocycles. The number of rotatable bonds is 7. The smallest absolute Gasteiger partial charge is 0.374 e. The lowest BCUT2D eigenvalue weighted by Crippen LogP contribution is -2.39. The number of esters is 1. The van der Waals surface area contributed by atoms with Crippen molar-refractivity contribution in [1.29, 1.82) is 0 Å². The summed E-state index contributed by atoms with van der Waals surface area (Å²) < 4.78 is 24.2. The molecule has 0 aromatic heterocycles. The van der Waals surface area contributed by atoms with Gasteiger partial charge in [0.1, 0.15) is 23.4 Å². The molecule has 4 rings (SSSR count). The molecular weight excluding hydrogens is 432 g/mol. The number of allylic oxidation sites excluding steroid dienone is 3. The number of hydrogen-bond acceptors (Lipinski definition) is 6. The molecule has 2 heterocycles. The van der Waals surface area contributed by atoms with Crippen molar-refractivity contribution in [1.82, 2.24) is 0 Å². The van der Waals surface area contributed by atoms with Gasteiger partial charge in [-0.15, -0.1) is 0 Å². The minimum Gasteiger partial charge on any atom is -0.489 e. The highest BCUT2D eigenvalue weighted by Gasteiger charge is 2.40. The number of hydrogen-bond donors (Lipinski definition) is 1. The van der Waals surface area contributed by atoms with E-state index in [1.807, 2.05) is 6.07 Å². The second kappa shape index (κ2) is 10.0. The van der Waals surface area contributed by atoms with Crippen LogP contribution >= 0.6 is 0 Å². The van der Waals surface area contributed by atoms with Gasteiger partial charge in [-0.25, -0.2) is 4.79 Å². The predicted molar refractivity (Wildman–Crippen MR) is 131 cm³/mol. The van der Waals surface area contributed by atoms with Gasteiger partial charge >= 0.3 is 5.97 Å². The fourth-order valence-corrected chi connectivity index (χ4v) is 4.75. The van der Waals surface area contributed by atoms with Crippen LogP contribution in [0.25, 0.3) is 5.57 Å². The summed E-state index contributed by atoms with van der Waals surface area (Å²) in [5, 5.41) is 10.7. The number of carbonyl (C=O) groups excluding carboxylic acids is 1. The Morgan fingerprint density at radius 2 is 1.97 bits per heavy atom. The normalized spacial score (nSPS) is 21.4. The SMILES string of the molecule is CCOC(=O)C1=CC(=CCC(C)C)c2c(cc3c(c2OC2CCCCC2)CC(C(C)(C)O)O3)O1. The van der Waals surface area contributed by atoms with Crippen LogP contribution in [-0.4, -0.2) is 35.5 Å². The van der Waals surface area contributed by atoms with Crippen molar-refractivity contribution in [3.05, 3.63) is 35.1 Å². The Morgan fingerprint density at radius 1 is 1.24 bits per heavy atom. The Morgan fingerprint density at radius 3 is 2.62 bits per heavy atom. The largest absolute Gasteiger partial charge is 0.489 e. The van der Waals surface area contributed by atoms with Crippen LogP contribution in [0.2, 0.25) is 0 Å². The molecule has 1 aliphatic carbocycles. The molecule has 2 aliphatic heterocycles. The molecule has 1 N–H and O–H groups in total. The highest BCUT2D eigenvalue weighted by Crippen LogP contribution is 2.51. The van der Waals surface area contributed by atoms with E-state index in [1.165, 1.54) is 6.42 Å². The van der Waals surface area contributed by atoms with E-state index in [-0.39, 0.29) is 24.6 Å². The maximum Gasteiger partial charge on any atom is 0.374 e. The zero-order valence-corrected chi connectivity index (χ0v) is 21.1. The zero-order chi connectivity index (χ0) is 24.5. The van der Waals surface area contributed by atoms with Crippen LogP contribution in [0.1, 0.15) is 84.3 Å². The summed E-state index contributed by atoms with van der Waals surface area (Å²) in [5.74, 6) is 2.06. The summed E-state index contributed by atoms with van der Waals surface area (Å²) in [7, 11) is 0. The van der Waals surface area contributed by atoms with Crippen molar-refractivity contribution in [3.63, 3.8) is 0 Å². The molecule has 186 valence electrons. The van der Waals surface area contributed by atoms with Crippen LogP contribution in [0, 0.1) is 5.92 Å². The van der Waals surface area contributed by atoms with Crippen LogP contribution in [0.4, 0.5) is 0 Å². The molecule has 0 amide bonds. The van der Waals surface area contributed by atoms with Crippen molar-refractivity contribution in [3.8, 4) is 17.2 Å². The lowest BCUT2D eigenvalue weighted by molar-refractivity contribution is -0.141. The van der Waals surface area contributed by atoms with Crippen molar-refractivity contribution in [2.24, 2.45) is 5.92 Å². The monoisotopic (exact) mass is 470 g/mol. The quantitative estimate of drug-likeness (QED) is 0.512. The van der Waals surface area contributed by atoms with E-state index in [4.69, 9.17) is 18.9 Å². The molecule has 6 heteroatoms. The Balaban J connectivity index is 1.83. The van der Waals surface area contributed by atoms with E-state index < -0.39 is 11.6 Å². The maximum absolute atomic E-state index is 12.6. The lowest BCUT2D eigenvalue weighted by Gasteiger charge is -2.28. The van der Waals surface area contributed by atoms with E-state index in [0.717, 1.165) is 54.6 Å². The van der Waals surface area contributed by atoms with Gasteiger partial charge in [0.15, 0.2) is 0 Å². The minimum atomic E-state index is -1.01. The van der Waals surface area contributed by atoms with E-state index in [2.05, 4.69) is 19.9 Å². The van der Waals surface area contributed by atoms with Gasteiger partial charge in [0.2, 0.25) is 5.76 Å². The number of carbonyl (C=O) groups is 1. The Labute approximate surface area is 202 Å². The molecule has 1 fully saturated rings. The summed E-state index contributed by atoms with van der Waals surface area (Å²) in [5.41, 5.74) is 1.72. The van der Waals surface area contributed by atoms with Crippen molar-refractivity contribution >= 4 is 11.5 Å². The van der Waals surface area contributed by atoms with E-state index in [0.29, 0.717) is 23.8 Å². The van der Waals surface area contributed by atoms with Crippen LogP contribution < -0.4 is 14.2 Å². The molecule has 6 nitrogen and oxygen atoms in total. The molecule has 1 aromatic carbocycles. The van der Waals surface area contributed by atoms with Gasteiger partial charge in [-0.3, -0.25) is 0 Å². The van der Waals surface area contributed by atoms with Gasteiger partial charge < -0.3 is 24.1 Å². The second-order valence-electron chi connectivity index (χ2n) is 10.5. The maximum atomic E-state index is 12.6. The number of fused-ring (bicyclic) bond motifs is 2. The standard InChI is InChI=1S/C28H38O6/c1-6-31-27(29)23-14-18(13-12-17(2)3)25-22(33-23)16-21-20(15-24(34-21)28(4,5)30)26(25)32-19-10-8-7-9-11-19/h13-14,16-17,19,24,30H,6-12,15H2,1-5H3. The minimum absolute atomic E-state index is 0.132. The third-order valence-corrected chi connectivity index (χ3v) is 6.67. The molecule has 1 unspecified atom stereocenters. The molecular formula is C28H38O6. The summed E-state index contributed by atoms with van der Waals surface area (Å²) in [6.07, 6.45) is 10.7. The first-order chi connectivity index (χ1) is 16.2. The van der Waals surface area contributed by atoms with Gasteiger partial charge in [-0.2, -0.15) is 0 Å². The van der Waals surface area contributed by atoms with Crippen LogP contribution in [0.3, 0.4) is 0 Å². The molecule has 0 spiro atoms. The topological polar surface area (TPSA) is 74.2 Å². The van der Waals surface area contributed by atoms with Gasteiger partial charge in [0, 0.05) is 18.1 Å². The number of ether oxygens (including phenoxy) is 4. The second-order valence-corrected chi connectivity index (χ2v) is 10.5. The molecule has 0 saturated heterocycles. The fraction of sp³-hybridized carbons (Fsp3) is 0.607. The first-order valence-corrected chi connectivity index (χ1v) is 12.7. The average molecular weight is 471 g/mol. The predicted octanol–water partition coefficient (Wildman–Crippen LogP) is 5.74. The molecule has 1 atom stereocenters. The van der Waals surface area contributed by atoms with Crippen molar-refractivity contribution in [2.75, 3.05) is 6.61 Å². The third kappa shape index (κ3) is 5.27. The molecule has 3 aliphatic rings. The van der Waals surface area contributed by atoms with Crippen LogP contribution in [0.5, 0.6) is 17.2 Å². The van der Waals surface area contributed by atoms with E-state index in [1.54, 1.807) is 26.8 Å². The molecule has 34 heavy (non-hydrogen) atoms. The molecule has 0 bridgehead atoms. The van der Waals surface area contributed by atoms with Crippen LogP contribution in [-0.2, 0) is 16.0 Å². The van der Waals surface area contributed by atoms with Gasteiger partial charge in [-0.05, 0) is 70.4 Å². The number of benzene rings is 1. The average Bonchev–Trinajstić information content (AvgIpc) is 3.22. The fourth-order valence-electron chi connectivity index (χ4n) is 4.75. The van der Waals surface area contributed by atoms with E-state index in [9.17, 15) is 9.90 Å². The van der Waals surface area contributed by atoms with Crippen molar-refractivity contribution < 1.29 is 28.8 Å². The van der Waals surface area contributed by atoms with Crippen molar-refractivity contribution in [2.45, 2.75) is 97.4 Å². The molecule has 1 aromatic rings. The van der Waals surface area contributed by atoms with Gasteiger partial charge in [0.05, 0.1) is 23.9 Å². The lowest BCUT2D eigenvalue weighted by atomic mass is 9.91. The van der Waals surface area contributed by atoms with Gasteiger partial charge in [-0.1, -0.05) is 26.3 Å². The first-order valence-electron chi connectivity index (χ1n) is 12.7. The van der Waals surface area contributed by atoms with E-state index >= 15 is 0 Å². The Bertz CT molecular complexity index is 976. The van der Waals surface area contributed by atoms with Crippen LogP contribution in [0.15, 0.2) is 24.0 Å². The zero-order valence-electron chi connectivity index (χ0n) is 21.1. The summed E-state index contributed by atoms with van der Waals surface area (Å²) in [4.78, 5) is 12.6.